The third-order valence-corrected chi connectivity index (χ3v) is 4.76. The van der Waals surface area contributed by atoms with Gasteiger partial charge in [-0.05, 0) is 42.4 Å². The maximum Gasteiger partial charge on any atom is 0.336 e. The van der Waals surface area contributed by atoms with Crippen molar-refractivity contribution < 1.29 is 19.8 Å². The molecule has 4 nitrogen and oxygen atoms in total. The zero-order valence-electron chi connectivity index (χ0n) is 16.5. The van der Waals surface area contributed by atoms with E-state index in [1.54, 1.807) is 6.07 Å². The zero-order chi connectivity index (χ0) is 19.5. The number of hydrogen-bond donors (Lipinski definition) is 2. The van der Waals surface area contributed by atoms with E-state index < -0.39 is 11.9 Å². The molecule has 146 valence electrons. The molecule has 1 rings (SSSR count). The van der Waals surface area contributed by atoms with E-state index in [2.05, 4.69) is 20.8 Å². The van der Waals surface area contributed by atoms with Crippen molar-refractivity contribution in [1.82, 2.24) is 0 Å². The number of aromatic carboxylic acids is 2. The molecule has 0 unspecified atom stereocenters. The molecule has 0 bridgehead atoms. The van der Waals surface area contributed by atoms with Gasteiger partial charge in [0.2, 0.25) is 0 Å². The monoisotopic (exact) mass is 362 g/mol. The molecule has 0 atom stereocenters. The Morgan fingerprint density at radius 1 is 0.885 bits per heavy atom. The fourth-order valence-electron chi connectivity index (χ4n) is 3.47. The summed E-state index contributed by atoms with van der Waals surface area (Å²) in [5, 5.41) is 19.0. The second-order valence-electron chi connectivity index (χ2n) is 7.56. The Balaban J connectivity index is 2.83. The number of rotatable bonds is 13. The lowest BCUT2D eigenvalue weighted by Gasteiger charge is -2.16. The van der Waals surface area contributed by atoms with Gasteiger partial charge in [0, 0.05) is 0 Å². The molecule has 1 aromatic carbocycles. The lowest BCUT2D eigenvalue weighted by molar-refractivity contribution is 0.0650. The normalized spacial score (nSPS) is 11.1. The third-order valence-electron chi connectivity index (χ3n) is 4.76. The summed E-state index contributed by atoms with van der Waals surface area (Å²) >= 11 is 0. The summed E-state index contributed by atoms with van der Waals surface area (Å²) in [6, 6.07) is 3.25. The largest absolute Gasteiger partial charge is 0.478 e. The Morgan fingerprint density at radius 3 is 1.96 bits per heavy atom. The van der Waals surface area contributed by atoms with Gasteiger partial charge in [-0.25, -0.2) is 9.59 Å². The van der Waals surface area contributed by atoms with Gasteiger partial charge < -0.3 is 10.2 Å². The molecular formula is C22H34O4. The van der Waals surface area contributed by atoms with Crippen LogP contribution in [-0.2, 0) is 12.8 Å². The van der Waals surface area contributed by atoms with Crippen molar-refractivity contribution >= 4 is 11.9 Å². The number of carbonyl (C=O) groups is 2. The Labute approximate surface area is 157 Å². The molecule has 0 radical (unpaired) electrons. The summed E-state index contributed by atoms with van der Waals surface area (Å²) in [4.78, 5) is 23.2. The predicted molar refractivity (Wildman–Crippen MR) is 105 cm³/mol. The molecule has 0 saturated heterocycles. The highest BCUT2D eigenvalue weighted by Gasteiger charge is 2.22. The van der Waals surface area contributed by atoms with E-state index in [1.807, 2.05) is 0 Å². The molecule has 0 aliphatic rings. The fourth-order valence-corrected chi connectivity index (χ4v) is 3.47. The van der Waals surface area contributed by atoms with E-state index >= 15 is 0 Å². The van der Waals surface area contributed by atoms with Crippen molar-refractivity contribution in [3.05, 3.63) is 34.4 Å². The fraction of sp³-hybridized carbons (Fsp3) is 0.636. The molecule has 2 N–H and O–H groups in total. The maximum absolute atomic E-state index is 11.8. The zero-order valence-corrected chi connectivity index (χ0v) is 16.5. The van der Waals surface area contributed by atoms with Crippen molar-refractivity contribution in [2.24, 2.45) is 5.92 Å². The first kappa shape index (κ1) is 22.2. The molecule has 1 aromatic rings. The number of unbranched alkanes of at least 4 members (excludes halogenated alkanes) is 7. The Hall–Kier alpha value is -1.84. The molecule has 0 aromatic heterocycles. The molecule has 0 fully saturated rings. The summed E-state index contributed by atoms with van der Waals surface area (Å²) in [5.41, 5.74) is 1.58. The van der Waals surface area contributed by atoms with E-state index in [0.717, 1.165) is 36.8 Å². The summed E-state index contributed by atoms with van der Waals surface area (Å²) in [7, 11) is 0. The van der Waals surface area contributed by atoms with Gasteiger partial charge in [0.05, 0.1) is 11.1 Å². The highest BCUT2D eigenvalue weighted by Crippen LogP contribution is 2.25. The minimum absolute atomic E-state index is 0.0152. The SMILES string of the molecule is CCCCCCCCCCc1c(CC(C)C)ccc(C(=O)O)c1C(=O)O. The minimum atomic E-state index is -1.17. The Morgan fingerprint density at radius 2 is 1.46 bits per heavy atom. The van der Waals surface area contributed by atoms with Crippen LogP contribution in [0.4, 0.5) is 0 Å². The van der Waals surface area contributed by atoms with E-state index in [1.165, 1.54) is 38.2 Å². The van der Waals surface area contributed by atoms with Gasteiger partial charge in [-0.3, -0.25) is 0 Å². The molecule has 0 aliphatic heterocycles. The lowest BCUT2D eigenvalue weighted by Crippen LogP contribution is -2.14. The standard InChI is InChI=1S/C22H34O4/c1-4-5-6-7-8-9-10-11-12-18-17(15-16(2)3)13-14-19(21(23)24)20(18)22(25)26/h13-14,16H,4-12,15H2,1-3H3,(H,23,24)(H,25,26). The van der Waals surface area contributed by atoms with Crippen molar-refractivity contribution in [3.8, 4) is 0 Å². The molecule has 26 heavy (non-hydrogen) atoms. The summed E-state index contributed by atoms with van der Waals surface area (Å²) in [6.45, 7) is 6.39. The van der Waals surface area contributed by atoms with Crippen molar-refractivity contribution in [1.29, 1.82) is 0 Å². The first-order chi connectivity index (χ1) is 12.4. The number of hydrogen-bond acceptors (Lipinski definition) is 2. The molecule has 0 heterocycles. The highest BCUT2D eigenvalue weighted by molar-refractivity contribution is 6.03. The average Bonchev–Trinajstić information content (AvgIpc) is 2.56. The Bertz CT molecular complexity index is 590. The van der Waals surface area contributed by atoms with Crippen LogP contribution in [0.2, 0.25) is 0 Å². The van der Waals surface area contributed by atoms with Crippen LogP contribution in [-0.4, -0.2) is 22.2 Å². The van der Waals surface area contributed by atoms with E-state index in [4.69, 9.17) is 0 Å². The van der Waals surface area contributed by atoms with Gasteiger partial charge >= 0.3 is 11.9 Å². The Kier molecular flexibility index (Phi) is 10.0. The second kappa shape index (κ2) is 11.7. The predicted octanol–water partition coefficient (Wildman–Crippen LogP) is 5.96. The molecule has 0 aliphatic carbocycles. The summed E-state index contributed by atoms with van der Waals surface area (Å²) in [6.07, 6.45) is 10.8. The van der Waals surface area contributed by atoms with Crippen LogP contribution < -0.4 is 0 Å². The van der Waals surface area contributed by atoms with Crippen LogP contribution in [0.25, 0.3) is 0 Å². The van der Waals surface area contributed by atoms with Crippen molar-refractivity contribution in [2.75, 3.05) is 0 Å². The summed E-state index contributed by atoms with van der Waals surface area (Å²) in [5.74, 6) is -1.91. The highest BCUT2D eigenvalue weighted by atomic mass is 16.4. The van der Waals surface area contributed by atoms with Crippen LogP contribution in [0.3, 0.4) is 0 Å². The van der Waals surface area contributed by atoms with E-state index in [0.29, 0.717) is 12.3 Å². The van der Waals surface area contributed by atoms with Gasteiger partial charge in [-0.2, -0.15) is 0 Å². The third kappa shape index (κ3) is 7.19. The lowest BCUT2D eigenvalue weighted by atomic mass is 9.88. The van der Waals surface area contributed by atoms with Gasteiger partial charge in [0.15, 0.2) is 0 Å². The topological polar surface area (TPSA) is 74.6 Å². The van der Waals surface area contributed by atoms with E-state index in [9.17, 15) is 19.8 Å². The molecule has 0 amide bonds. The van der Waals surface area contributed by atoms with Gasteiger partial charge in [-0.15, -0.1) is 0 Å². The first-order valence-electron chi connectivity index (χ1n) is 9.99. The minimum Gasteiger partial charge on any atom is -0.478 e. The quantitative estimate of drug-likeness (QED) is 0.424. The van der Waals surface area contributed by atoms with Gasteiger partial charge in [0.25, 0.3) is 0 Å². The smallest absolute Gasteiger partial charge is 0.336 e. The second-order valence-corrected chi connectivity index (χ2v) is 7.56. The molecular weight excluding hydrogens is 328 g/mol. The van der Waals surface area contributed by atoms with E-state index in [-0.39, 0.29) is 11.1 Å². The van der Waals surface area contributed by atoms with Crippen LogP contribution in [0.15, 0.2) is 12.1 Å². The molecule has 0 saturated carbocycles. The van der Waals surface area contributed by atoms with Crippen molar-refractivity contribution in [2.45, 2.75) is 85.0 Å². The number of carboxylic acid groups (broad SMARTS) is 2. The van der Waals surface area contributed by atoms with Crippen LogP contribution in [0.1, 0.15) is 104 Å². The van der Waals surface area contributed by atoms with Crippen LogP contribution >= 0.6 is 0 Å². The first-order valence-corrected chi connectivity index (χ1v) is 9.99. The van der Waals surface area contributed by atoms with Crippen molar-refractivity contribution in [3.63, 3.8) is 0 Å². The van der Waals surface area contributed by atoms with Crippen LogP contribution in [0, 0.1) is 5.92 Å². The number of benzene rings is 1. The van der Waals surface area contributed by atoms with Crippen LogP contribution in [0.5, 0.6) is 0 Å². The molecule has 4 heteroatoms. The molecule has 0 spiro atoms. The maximum atomic E-state index is 11.8. The summed E-state index contributed by atoms with van der Waals surface area (Å²) < 4.78 is 0. The van der Waals surface area contributed by atoms with Gasteiger partial charge in [0.1, 0.15) is 0 Å². The average molecular weight is 363 g/mol. The van der Waals surface area contributed by atoms with Gasteiger partial charge in [-0.1, -0.05) is 71.8 Å². The number of carboxylic acids is 2.